The molecule has 0 saturated heterocycles. The lowest BCUT2D eigenvalue weighted by atomic mass is 10.1. The summed E-state index contributed by atoms with van der Waals surface area (Å²) in [4.78, 5) is 23.4. The average molecular weight is 358 g/mol. The van der Waals surface area contributed by atoms with Crippen LogP contribution in [0.3, 0.4) is 0 Å². The zero-order chi connectivity index (χ0) is 18.9. The first-order valence-corrected chi connectivity index (χ1v) is 8.04. The summed E-state index contributed by atoms with van der Waals surface area (Å²) in [5.41, 5.74) is 6.50. The van der Waals surface area contributed by atoms with Crippen molar-refractivity contribution in [2.75, 3.05) is 27.4 Å². The van der Waals surface area contributed by atoms with Gasteiger partial charge in [0.15, 0.2) is 6.61 Å². The molecule has 0 radical (unpaired) electrons. The Morgan fingerprint density at radius 2 is 1.81 bits per heavy atom. The zero-order valence-electron chi connectivity index (χ0n) is 14.8. The molecule has 0 unspecified atom stereocenters. The normalized spacial score (nSPS) is 10.1. The maximum Gasteiger partial charge on any atom is 0.257 e. The molecule has 2 aromatic carbocycles. The fraction of sp³-hybridized carbons (Fsp3) is 0.263. The molecule has 2 aromatic rings. The van der Waals surface area contributed by atoms with Gasteiger partial charge in [0.05, 0.1) is 19.8 Å². The number of nitrogens with two attached hydrogens (primary N) is 1. The number of carbonyl (C=O) groups is 2. The third kappa shape index (κ3) is 5.14. The monoisotopic (exact) mass is 358 g/mol. The quantitative estimate of drug-likeness (QED) is 0.708. The number of nitrogens with one attached hydrogen (secondary N) is 1. The standard InChI is InChI=1S/C19H22N2O5/c1-24-14-7-8-15(19(20)23)17(11-14)26-12-18(22)21-10-9-13-5-3-4-6-16(13)25-2/h3-8,11H,9-10,12H2,1-2H3,(H2,20,23)(H,21,22). The summed E-state index contributed by atoms with van der Waals surface area (Å²) >= 11 is 0. The van der Waals surface area contributed by atoms with E-state index >= 15 is 0 Å². The molecule has 2 amide bonds. The van der Waals surface area contributed by atoms with Crippen LogP contribution in [0, 0.1) is 0 Å². The summed E-state index contributed by atoms with van der Waals surface area (Å²) in [6.45, 7) is 0.197. The topological polar surface area (TPSA) is 99.9 Å². The van der Waals surface area contributed by atoms with E-state index in [0.29, 0.717) is 18.7 Å². The molecule has 0 bridgehead atoms. The van der Waals surface area contributed by atoms with Crippen LogP contribution in [0.2, 0.25) is 0 Å². The Morgan fingerprint density at radius 3 is 2.50 bits per heavy atom. The van der Waals surface area contributed by atoms with Gasteiger partial charge in [0, 0.05) is 12.6 Å². The Kier molecular flexibility index (Phi) is 6.84. The van der Waals surface area contributed by atoms with Gasteiger partial charge in [-0.05, 0) is 30.2 Å². The van der Waals surface area contributed by atoms with Gasteiger partial charge in [-0.1, -0.05) is 18.2 Å². The number of para-hydroxylation sites is 1. The zero-order valence-corrected chi connectivity index (χ0v) is 14.8. The van der Waals surface area contributed by atoms with E-state index in [1.54, 1.807) is 13.2 Å². The fourth-order valence-corrected chi connectivity index (χ4v) is 2.39. The number of carbonyl (C=O) groups excluding carboxylic acids is 2. The summed E-state index contributed by atoms with van der Waals surface area (Å²) in [6, 6.07) is 12.2. The Bertz CT molecular complexity index is 776. The third-order valence-electron chi connectivity index (χ3n) is 3.72. The highest BCUT2D eigenvalue weighted by Gasteiger charge is 2.12. The predicted octanol–water partition coefficient (Wildman–Crippen LogP) is 1.54. The molecule has 0 aliphatic heterocycles. The van der Waals surface area contributed by atoms with E-state index in [0.717, 1.165) is 11.3 Å². The highest BCUT2D eigenvalue weighted by atomic mass is 16.5. The fourth-order valence-electron chi connectivity index (χ4n) is 2.39. The van der Waals surface area contributed by atoms with Crippen LogP contribution in [0.25, 0.3) is 0 Å². The Labute approximate surface area is 152 Å². The molecule has 7 heteroatoms. The molecule has 0 heterocycles. The van der Waals surface area contributed by atoms with Gasteiger partial charge in [-0.2, -0.15) is 0 Å². The summed E-state index contributed by atoms with van der Waals surface area (Å²) in [5, 5.41) is 2.76. The maximum atomic E-state index is 12.0. The number of amides is 2. The van der Waals surface area contributed by atoms with Crippen LogP contribution < -0.4 is 25.3 Å². The summed E-state index contributed by atoms with van der Waals surface area (Å²) in [7, 11) is 3.10. The smallest absolute Gasteiger partial charge is 0.257 e. The molecule has 0 aromatic heterocycles. The molecule has 7 nitrogen and oxygen atoms in total. The van der Waals surface area contributed by atoms with Crippen LogP contribution in [-0.4, -0.2) is 39.2 Å². The van der Waals surface area contributed by atoms with Gasteiger partial charge in [0.25, 0.3) is 11.8 Å². The molecule has 0 atom stereocenters. The summed E-state index contributed by atoms with van der Waals surface area (Å²) in [5.74, 6) is 0.538. The van der Waals surface area contributed by atoms with Gasteiger partial charge in [-0.3, -0.25) is 9.59 Å². The molecule has 2 rings (SSSR count). The molecule has 0 saturated carbocycles. The first-order chi connectivity index (χ1) is 12.5. The highest BCUT2D eigenvalue weighted by Crippen LogP contribution is 2.24. The molecular weight excluding hydrogens is 336 g/mol. The Hall–Kier alpha value is -3.22. The van der Waals surface area contributed by atoms with Crippen LogP contribution in [-0.2, 0) is 11.2 Å². The van der Waals surface area contributed by atoms with E-state index in [9.17, 15) is 9.59 Å². The number of methoxy groups -OCH3 is 2. The molecular formula is C19H22N2O5. The van der Waals surface area contributed by atoms with Crippen LogP contribution in [0.15, 0.2) is 42.5 Å². The second-order valence-electron chi connectivity index (χ2n) is 5.43. The minimum Gasteiger partial charge on any atom is -0.497 e. The van der Waals surface area contributed by atoms with Crippen molar-refractivity contribution in [3.63, 3.8) is 0 Å². The summed E-state index contributed by atoms with van der Waals surface area (Å²) in [6.07, 6.45) is 0.626. The second-order valence-corrected chi connectivity index (χ2v) is 5.43. The largest absolute Gasteiger partial charge is 0.497 e. The lowest BCUT2D eigenvalue weighted by Crippen LogP contribution is -2.31. The van der Waals surface area contributed by atoms with Gasteiger partial charge in [0.2, 0.25) is 0 Å². The van der Waals surface area contributed by atoms with Crippen molar-refractivity contribution in [1.82, 2.24) is 5.32 Å². The van der Waals surface area contributed by atoms with E-state index in [1.165, 1.54) is 19.2 Å². The van der Waals surface area contributed by atoms with Gasteiger partial charge in [-0.15, -0.1) is 0 Å². The lowest BCUT2D eigenvalue weighted by molar-refractivity contribution is -0.123. The number of benzene rings is 2. The van der Waals surface area contributed by atoms with Crippen molar-refractivity contribution in [2.24, 2.45) is 5.73 Å². The van der Waals surface area contributed by atoms with Crippen LogP contribution in [0.4, 0.5) is 0 Å². The highest BCUT2D eigenvalue weighted by molar-refractivity contribution is 5.96. The number of primary amides is 1. The van der Waals surface area contributed by atoms with Gasteiger partial charge in [0.1, 0.15) is 17.2 Å². The second kappa shape index (κ2) is 9.31. The first-order valence-electron chi connectivity index (χ1n) is 8.04. The van der Waals surface area contributed by atoms with E-state index in [4.69, 9.17) is 19.9 Å². The van der Waals surface area contributed by atoms with Crippen molar-refractivity contribution in [3.05, 3.63) is 53.6 Å². The SMILES string of the molecule is COc1ccc(C(N)=O)c(OCC(=O)NCCc2ccccc2OC)c1. The molecule has 0 spiro atoms. The Morgan fingerprint density at radius 1 is 1.04 bits per heavy atom. The minimum absolute atomic E-state index is 0.188. The van der Waals surface area contributed by atoms with Crippen LogP contribution in [0.1, 0.15) is 15.9 Å². The van der Waals surface area contributed by atoms with Crippen molar-refractivity contribution >= 4 is 11.8 Å². The lowest BCUT2D eigenvalue weighted by Gasteiger charge is -2.12. The number of rotatable bonds is 9. The Balaban J connectivity index is 1.88. The molecule has 0 aliphatic rings. The number of hydrogen-bond donors (Lipinski definition) is 2. The van der Waals surface area contributed by atoms with Crippen molar-refractivity contribution in [1.29, 1.82) is 0 Å². The van der Waals surface area contributed by atoms with E-state index in [1.807, 2.05) is 24.3 Å². The number of ether oxygens (including phenoxy) is 3. The molecule has 0 aliphatic carbocycles. The molecule has 138 valence electrons. The third-order valence-corrected chi connectivity index (χ3v) is 3.72. The van der Waals surface area contributed by atoms with E-state index in [-0.39, 0.29) is 23.8 Å². The first kappa shape index (κ1) is 19.1. The number of hydrogen-bond acceptors (Lipinski definition) is 5. The average Bonchev–Trinajstić information content (AvgIpc) is 2.66. The van der Waals surface area contributed by atoms with Gasteiger partial charge >= 0.3 is 0 Å². The van der Waals surface area contributed by atoms with E-state index in [2.05, 4.69) is 5.32 Å². The van der Waals surface area contributed by atoms with Crippen LogP contribution in [0.5, 0.6) is 17.2 Å². The van der Waals surface area contributed by atoms with Crippen molar-refractivity contribution < 1.29 is 23.8 Å². The van der Waals surface area contributed by atoms with Crippen molar-refractivity contribution in [2.45, 2.75) is 6.42 Å². The van der Waals surface area contributed by atoms with E-state index < -0.39 is 5.91 Å². The predicted molar refractivity (Wildman–Crippen MR) is 96.7 cm³/mol. The maximum absolute atomic E-state index is 12.0. The van der Waals surface area contributed by atoms with Crippen LogP contribution >= 0.6 is 0 Å². The molecule has 26 heavy (non-hydrogen) atoms. The van der Waals surface area contributed by atoms with Gasteiger partial charge in [-0.25, -0.2) is 0 Å². The molecule has 0 fully saturated rings. The minimum atomic E-state index is -0.640. The van der Waals surface area contributed by atoms with Gasteiger partial charge < -0.3 is 25.3 Å². The van der Waals surface area contributed by atoms with Crippen molar-refractivity contribution in [3.8, 4) is 17.2 Å². The molecule has 3 N–H and O–H groups in total. The summed E-state index contributed by atoms with van der Waals surface area (Å²) < 4.78 is 15.8.